The van der Waals surface area contributed by atoms with Crippen molar-refractivity contribution in [3.05, 3.63) is 42.2 Å². The Morgan fingerprint density at radius 1 is 1.24 bits per heavy atom. The number of hydrogen-bond donors (Lipinski definition) is 1. The summed E-state index contributed by atoms with van der Waals surface area (Å²) in [5.41, 5.74) is 1.36. The molecule has 1 aliphatic rings. The molecule has 1 saturated carbocycles. The zero-order chi connectivity index (χ0) is 11.7. The fourth-order valence-corrected chi connectivity index (χ4v) is 2.57. The third-order valence-corrected chi connectivity index (χ3v) is 3.67. The van der Waals surface area contributed by atoms with Crippen LogP contribution in [0, 0.1) is 5.92 Å². The molecule has 0 spiro atoms. The highest BCUT2D eigenvalue weighted by atomic mass is 14.9. The Balaban J connectivity index is 1.68. The van der Waals surface area contributed by atoms with Crippen LogP contribution in [0.4, 0.5) is 0 Å². The third kappa shape index (κ3) is 2.32. The van der Waals surface area contributed by atoms with E-state index in [1.807, 2.05) is 12.4 Å². The van der Waals surface area contributed by atoms with E-state index in [2.05, 4.69) is 41.5 Å². The first kappa shape index (κ1) is 10.7. The number of rotatable bonds is 3. The first-order valence-corrected chi connectivity index (χ1v) is 6.37. The van der Waals surface area contributed by atoms with Gasteiger partial charge in [0.05, 0.1) is 0 Å². The van der Waals surface area contributed by atoms with Crippen LogP contribution in [-0.2, 0) is 6.54 Å². The minimum absolute atomic E-state index is 0.734. The molecule has 0 saturated heterocycles. The number of pyridine rings is 1. The molecule has 2 heteroatoms. The molecule has 1 heterocycles. The van der Waals surface area contributed by atoms with Gasteiger partial charge < -0.3 is 5.32 Å². The Morgan fingerprint density at radius 3 is 2.94 bits per heavy atom. The van der Waals surface area contributed by atoms with Crippen molar-refractivity contribution in [1.29, 1.82) is 0 Å². The maximum absolute atomic E-state index is 4.13. The van der Waals surface area contributed by atoms with Crippen LogP contribution in [0.5, 0.6) is 0 Å². The Morgan fingerprint density at radius 2 is 2.12 bits per heavy atom. The van der Waals surface area contributed by atoms with E-state index in [0.29, 0.717) is 0 Å². The number of nitrogens with one attached hydrogen (secondary N) is 1. The number of aromatic nitrogens is 1. The van der Waals surface area contributed by atoms with Gasteiger partial charge in [-0.25, -0.2) is 0 Å². The predicted molar refractivity (Wildman–Crippen MR) is 70.8 cm³/mol. The van der Waals surface area contributed by atoms with E-state index in [1.54, 1.807) is 0 Å². The molecule has 17 heavy (non-hydrogen) atoms. The molecular weight excluding hydrogens is 208 g/mol. The molecule has 2 aromatic rings. The molecule has 1 aromatic carbocycles. The highest BCUT2D eigenvalue weighted by molar-refractivity contribution is 5.81. The summed E-state index contributed by atoms with van der Waals surface area (Å²) in [4.78, 5) is 4.13. The molecule has 0 unspecified atom stereocenters. The largest absolute Gasteiger partial charge is 0.310 e. The average molecular weight is 226 g/mol. The fourth-order valence-electron chi connectivity index (χ4n) is 2.57. The smallest absolute Gasteiger partial charge is 0.0346 e. The van der Waals surface area contributed by atoms with E-state index in [-0.39, 0.29) is 0 Å². The standard InChI is InChI=1S/C15H18N2/c1-11-6-15(7-11)17-9-12-2-3-14-10-16-5-4-13(14)8-12/h2-5,8,10-11,15,17H,6-7,9H2,1H3. The van der Waals surface area contributed by atoms with E-state index in [9.17, 15) is 0 Å². The maximum atomic E-state index is 4.13. The highest BCUT2D eigenvalue weighted by Crippen LogP contribution is 2.26. The van der Waals surface area contributed by atoms with Gasteiger partial charge in [-0.1, -0.05) is 19.1 Å². The summed E-state index contributed by atoms with van der Waals surface area (Å²) in [6.45, 7) is 3.30. The van der Waals surface area contributed by atoms with Gasteiger partial charge in [0.15, 0.2) is 0 Å². The fraction of sp³-hybridized carbons (Fsp3) is 0.400. The van der Waals surface area contributed by atoms with Crippen molar-refractivity contribution in [3.63, 3.8) is 0 Å². The van der Waals surface area contributed by atoms with Crippen LogP contribution in [-0.4, -0.2) is 11.0 Å². The van der Waals surface area contributed by atoms with Crippen LogP contribution >= 0.6 is 0 Å². The third-order valence-electron chi connectivity index (χ3n) is 3.67. The Hall–Kier alpha value is -1.41. The lowest BCUT2D eigenvalue weighted by Gasteiger charge is -2.33. The van der Waals surface area contributed by atoms with E-state index in [4.69, 9.17) is 0 Å². The molecule has 0 aliphatic heterocycles. The molecule has 2 nitrogen and oxygen atoms in total. The molecular formula is C15H18N2. The molecule has 0 bridgehead atoms. The van der Waals surface area contributed by atoms with E-state index >= 15 is 0 Å². The topological polar surface area (TPSA) is 24.9 Å². The second kappa shape index (κ2) is 4.46. The summed E-state index contributed by atoms with van der Waals surface area (Å²) in [7, 11) is 0. The van der Waals surface area contributed by atoms with Gasteiger partial charge in [-0.3, -0.25) is 4.98 Å². The van der Waals surface area contributed by atoms with E-state index in [0.717, 1.165) is 18.5 Å². The minimum Gasteiger partial charge on any atom is -0.310 e. The van der Waals surface area contributed by atoms with Crippen LogP contribution in [0.1, 0.15) is 25.3 Å². The van der Waals surface area contributed by atoms with Gasteiger partial charge in [-0.05, 0) is 41.8 Å². The van der Waals surface area contributed by atoms with Crippen LogP contribution in [0.3, 0.4) is 0 Å². The molecule has 1 aromatic heterocycles. The quantitative estimate of drug-likeness (QED) is 0.869. The van der Waals surface area contributed by atoms with Crippen molar-refractivity contribution in [2.75, 3.05) is 0 Å². The Kier molecular flexibility index (Phi) is 2.81. The van der Waals surface area contributed by atoms with Crippen LogP contribution < -0.4 is 5.32 Å². The number of nitrogens with zero attached hydrogens (tertiary/aromatic N) is 1. The molecule has 3 rings (SSSR count). The van der Waals surface area contributed by atoms with Gasteiger partial charge in [0, 0.05) is 30.4 Å². The lowest BCUT2D eigenvalue weighted by atomic mass is 9.82. The lowest BCUT2D eigenvalue weighted by molar-refractivity contribution is 0.240. The summed E-state index contributed by atoms with van der Waals surface area (Å²) < 4.78 is 0. The van der Waals surface area contributed by atoms with Gasteiger partial charge in [0.2, 0.25) is 0 Å². The SMILES string of the molecule is CC1CC(NCc2ccc3cnccc3c2)C1. The monoisotopic (exact) mass is 226 g/mol. The van der Waals surface area contributed by atoms with Crippen molar-refractivity contribution in [2.45, 2.75) is 32.4 Å². The highest BCUT2D eigenvalue weighted by Gasteiger charge is 2.24. The Labute approximate surface area is 102 Å². The van der Waals surface area contributed by atoms with Gasteiger partial charge >= 0.3 is 0 Å². The Bertz CT molecular complexity index is 515. The van der Waals surface area contributed by atoms with Crippen LogP contribution in [0.25, 0.3) is 10.8 Å². The van der Waals surface area contributed by atoms with Crippen molar-refractivity contribution in [1.82, 2.24) is 10.3 Å². The van der Waals surface area contributed by atoms with Crippen LogP contribution in [0.15, 0.2) is 36.7 Å². The zero-order valence-corrected chi connectivity index (χ0v) is 10.2. The maximum Gasteiger partial charge on any atom is 0.0346 e. The van der Waals surface area contributed by atoms with Crippen LogP contribution in [0.2, 0.25) is 0 Å². The molecule has 0 atom stereocenters. The van der Waals surface area contributed by atoms with Crippen molar-refractivity contribution in [3.8, 4) is 0 Å². The minimum atomic E-state index is 0.734. The first-order valence-electron chi connectivity index (χ1n) is 6.37. The van der Waals surface area contributed by atoms with E-state index in [1.165, 1.54) is 29.2 Å². The van der Waals surface area contributed by atoms with Gasteiger partial charge in [-0.2, -0.15) is 0 Å². The lowest BCUT2D eigenvalue weighted by Crippen LogP contribution is -2.39. The normalized spacial score (nSPS) is 23.6. The number of hydrogen-bond acceptors (Lipinski definition) is 2. The van der Waals surface area contributed by atoms with E-state index < -0.39 is 0 Å². The van der Waals surface area contributed by atoms with Crippen molar-refractivity contribution < 1.29 is 0 Å². The van der Waals surface area contributed by atoms with Gasteiger partial charge in [0.1, 0.15) is 0 Å². The summed E-state index contributed by atoms with van der Waals surface area (Å²) in [5.74, 6) is 0.912. The summed E-state index contributed by atoms with van der Waals surface area (Å²) in [5, 5.41) is 6.11. The molecule has 1 fully saturated rings. The molecule has 88 valence electrons. The zero-order valence-electron chi connectivity index (χ0n) is 10.2. The number of benzene rings is 1. The molecule has 0 amide bonds. The van der Waals surface area contributed by atoms with Gasteiger partial charge in [-0.15, -0.1) is 0 Å². The summed E-state index contributed by atoms with van der Waals surface area (Å²) >= 11 is 0. The van der Waals surface area contributed by atoms with Gasteiger partial charge in [0.25, 0.3) is 0 Å². The van der Waals surface area contributed by atoms with Crippen molar-refractivity contribution in [2.24, 2.45) is 5.92 Å². The summed E-state index contributed by atoms with van der Waals surface area (Å²) in [6, 6.07) is 9.41. The first-order chi connectivity index (χ1) is 8.31. The predicted octanol–water partition coefficient (Wildman–Crippen LogP) is 3.12. The molecule has 0 radical (unpaired) electrons. The summed E-state index contributed by atoms with van der Waals surface area (Å²) in [6.07, 6.45) is 6.43. The average Bonchev–Trinajstić information content (AvgIpc) is 2.33. The molecule has 1 aliphatic carbocycles. The number of fused-ring (bicyclic) bond motifs is 1. The van der Waals surface area contributed by atoms with Crippen molar-refractivity contribution >= 4 is 10.8 Å². The molecule has 1 N–H and O–H groups in total. The second-order valence-corrected chi connectivity index (χ2v) is 5.21. The second-order valence-electron chi connectivity index (χ2n) is 5.21.